The molecule has 1 N–H and O–H groups in total. The van der Waals surface area contributed by atoms with E-state index >= 15 is 0 Å². The Bertz CT molecular complexity index is 1050. The molecular formula is C22H18N2O4S. The van der Waals surface area contributed by atoms with Gasteiger partial charge >= 0.3 is 0 Å². The summed E-state index contributed by atoms with van der Waals surface area (Å²) >= 11 is 1.51. The van der Waals surface area contributed by atoms with Gasteiger partial charge in [0.1, 0.15) is 5.75 Å². The maximum absolute atomic E-state index is 13.3. The molecule has 0 amide bonds. The number of carbonyl (C=O) groups excluding carboxylic acids is 1. The average Bonchev–Trinajstić information content (AvgIpc) is 2.78. The van der Waals surface area contributed by atoms with Gasteiger partial charge in [0.25, 0.3) is 5.69 Å². The highest BCUT2D eigenvalue weighted by Crippen LogP contribution is 2.44. The Morgan fingerprint density at radius 1 is 1.03 bits per heavy atom. The molecule has 4 rings (SSSR count). The van der Waals surface area contributed by atoms with Crippen molar-refractivity contribution in [2.45, 2.75) is 16.2 Å². The summed E-state index contributed by atoms with van der Waals surface area (Å²) in [5, 5.41) is 14.0. The molecule has 2 atom stereocenters. The van der Waals surface area contributed by atoms with Crippen molar-refractivity contribution < 1.29 is 14.5 Å². The second-order valence-electron chi connectivity index (χ2n) is 6.60. The van der Waals surface area contributed by atoms with E-state index in [-0.39, 0.29) is 17.5 Å². The van der Waals surface area contributed by atoms with E-state index in [1.54, 1.807) is 7.11 Å². The summed E-state index contributed by atoms with van der Waals surface area (Å²) in [6.45, 7) is 0. The van der Waals surface area contributed by atoms with Crippen molar-refractivity contribution in [3.05, 3.63) is 94.0 Å². The molecule has 0 aliphatic carbocycles. The van der Waals surface area contributed by atoms with Gasteiger partial charge in [-0.25, -0.2) is 0 Å². The first-order valence-electron chi connectivity index (χ1n) is 9.01. The molecule has 0 fully saturated rings. The topological polar surface area (TPSA) is 81.5 Å². The van der Waals surface area contributed by atoms with Crippen molar-refractivity contribution in [2.24, 2.45) is 0 Å². The summed E-state index contributed by atoms with van der Waals surface area (Å²) < 4.78 is 5.24. The molecule has 3 aromatic rings. The number of methoxy groups -OCH3 is 1. The van der Waals surface area contributed by atoms with Crippen molar-refractivity contribution in [1.29, 1.82) is 0 Å². The third kappa shape index (κ3) is 3.82. The van der Waals surface area contributed by atoms with Crippen LogP contribution in [-0.4, -0.2) is 23.1 Å². The lowest BCUT2D eigenvalue weighted by atomic mass is 9.96. The fourth-order valence-electron chi connectivity index (χ4n) is 3.32. The van der Waals surface area contributed by atoms with Gasteiger partial charge in [0.05, 0.1) is 23.3 Å². The first-order chi connectivity index (χ1) is 14.1. The van der Waals surface area contributed by atoms with Crippen LogP contribution in [0, 0.1) is 10.1 Å². The Morgan fingerprint density at radius 3 is 2.38 bits per heavy atom. The lowest BCUT2D eigenvalue weighted by Crippen LogP contribution is -2.33. The number of fused-ring (bicyclic) bond motifs is 1. The van der Waals surface area contributed by atoms with Crippen LogP contribution in [-0.2, 0) is 0 Å². The number of carbonyl (C=O) groups is 1. The zero-order valence-corrected chi connectivity index (χ0v) is 16.4. The second-order valence-corrected chi connectivity index (χ2v) is 7.78. The Labute approximate surface area is 172 Å². The second kappa shape index (κ2) is 7.97. The minimum atomic E-state index is -0.471. The van der Waals surface area contributed by atoms with Crippen LogP contribution >= 0.6 is 11.8 Å². The summed E-state index contributed by atoms with van der Waals surface area (Å²) in [5.41, 5.74) is 2.36. The molecular weight excluding hydrogens is 388 g/mol. The monoisotopic (exact) mass is 406 g/mol. The van der Waals surface area contributed by atoms with E-state index in [0.717, 1.165) is 21.9 Å². The van der Waals surface area contributed by atoms with Gasteiger partial charge < -0.3 is 10.1 Å². The number of nitro groups is 1. The van der Waals surface area contributed by atoms with Gasteiger partial charge in [-0.05, 0) is 42.0 Å². The van der Waals surface area contributed by atoms with Gasteiger partial charge in [0, 0.05) is 28.3 Å². The zero-order valence-electron chi connectivity index (χ0n) is 15.6. The normalized spacial score (nSPS) is 17.7. The van der Waals surface area contributed by atoms with Gasteiger partial charge in [0.15, 0.2) is 5.78 Å². The number of Topliss-reactive ketones (excluding diaryl/α,β-unsaturated/α-hetero) is 1. The number of anilines is 1. The third-order valence-corrected chi connectivity index (χ3v) is 6.20. The Morgan fingerprint density at radius 2 is 1.72 bits per heavy atom. The number of nitrogens with zero attached hydrogens (tertiary/aromatic N) is 1. The number of hydrogen-bond donors (Lipinski definition) is 1. The van der Waals surface area contributed by atoms with Crippen LogP contribution < -0.4 is 10.1 Å². The first-order valence-corrected chi connectivity index (χ1v) is 9.89. The predicted octanol–water partition coefficient (Wildman–Crippen LogP) is 5.11. The number of ketones is 1. The number of benzene rings is 3. The van der Waals surface area contributed by atoms with Crippen LogP contribution in [0.2, 0.25) is 0 Å². The summed E-state index contributed by atoms with van der Waals surface area (Å²) in [4.78, 5) is 24.8. The summed E-state index contributed by atoms with van der Waals surface area (Å²) in [6.07, 6.45) is 0. The van der Waals surface area contributed by atoms with Crippen LogP contribution in [0.5, 0.6) is 5.75 Å². The summed E-state index contributed by atoms with van der Waals surface area (Å²) in [7, 11) is 1.61. The lowest BCUT2D eigenvalue weighted by molar-refractivity contribution is -0.384. The highest BCUT2D eigenvalue weighted by molar-refractivity contribution is 8.01. The SMILES string of the molecule is COc1ccc([C@@H]2Nc3ccccc3S[C@H]2C(=O)c2ccc([N+](=O)[O-])cc2)cc1. The number of para-hydroxylation sites is 1. The molecule has 3 aromatic carbocycles. The number of nitrogens with one attached hydrogen (secondary N) is 1. The van der Waals surface area contributed by atoms with Crippen molar-refractivity contribution in [1.82, 2.24) is 0 Å². The van der Waals surface area contributed by atoms with E-state index in [0.29, 0.717) is 5.56 Å². The molecule has 6 nitrogen and oxygen atoms in total. The highest BCUT2D eigenvalue weighted by Gasteiger charge is 2.35. The average molecular weight is 406 g/mol. The molecule has 7 heteroatoms. The standard InChI is InChI=1S/C22H18N2O4S/c1-28-17-12-8-14(9-13-17)20-22(29-19-5-3-2-4-18(19)23-20)21(25)15-6-10-16(11-7-15)24(26)27/h2-13,20,22-23H,1H3/t20-,22+/m0/s1. The van der Waals surface area contributed by atoms with Crippen LogP contribution in [0.3, 0.4) is 0 Å². The molecule has 0 unspecified atom stereocenters. The van der Waals surface area contributed by atoms with Crippen molar-refractivity contribution in [3.8, 4) is 5.75 Å². The van der Waals surface area contributed by atoms with E-state index < -0.39 is 10.2 Å². The van der Waals surface area contributed by atoms with Crippen LogP contribution in [0.25, 0.3) is 0 Å². The number of rotatable bonds is 5. The van der Waals surface area contributed by atoms with E-state index in [1.807, 2.05) is 48.5 Å². The molecule has 0 radical (unpaired) electrons. The number of hydrogen-bond acceptors (Lipinski definition) is 6. The third-order valence-electron chi connectivity index (χ3n) is 4.85. The van der Waals surface area contributed by atoms with Gasteiger partial charge in [-0.2, -0.15) is 0 Å². The molecule has 0 saturated carbocycles. The number of non-ortho nitro benzene ring substituents is 1. The highest BCUT2D eigenvalue weighted by atomic mass is 32.2. The molecule has 1 heterocycles. The molecule has 1 aliphatic rings. The Hall–Kier alpha value is -3.32. The van der Waals surface area contributed by atoms with Crippen molar-refractivity contribution >= 4 is 28.9 Å². The number of nitro benzene ring substituents is 1. The smallest absolute Gasteiger partial charge is 0.269 e. The maximum atomic E-state index is 13.3. The summed E-state index contributed by atoms with van der Waals surface area (Å²) in [6, 6.07) is 21.0. The number of thioether (sulfide) groups is 1. The lowest BCUT2D eigenvalue weighted by Gasteiger charge is -2.33. The minimum absolute atomic E-state index is 0.0342. The molecule has 146 valence electrons. The maximum Gasteiger partial charge on any atom is 0.269 e. The van der Waals surface area contributed by atoms with Gasteiger partial charge in [-0.1, -0.05) is 24.3 Å². The first kappa shape index (κ1) is 19.0. The van der Waals surface area contributed by atoms with Crippen molar-refractivity contribution in [3.63, 3.8) is 0 Å². The molecule has 0 aromatic heterocycles. The molecule has 0 saturated heterocycles. The summed E-state index contributed by atoms with van der Waals surface area (Å²) in [5.74, 6) is 0.670. The van der Waals surface area contributed by atoms with Crippen LogP contribution in [0.1, 0.15) is 22.0 Å². The fraction of sp³-hybridized carbons (Fsp3) is 0.136. The predicted molar refractivity (Wildman–Crippen MR) is 113 cm³/mol. The van der Waals surface area contributed by atoms with E-state index in [9.17, 15) is 14.9 Å². The Balaban J connectivity index is 1.70. The van der Waals surface area contributed by atoms with E-state index in [4.69, 9.17) is 4.74 Å². The molecule has 29 heavy (non-hydrogen) atoms. The van der Waals surface area contributed by atoms with Gasteiger partial charge in [-0.15, -0.1) is 11.8 Å². The van der Waals surface area contributed by atoms with E-state index in [1.165, 1.54) is 36.0 Å². The van der Waals surface area contributed by atoms with Gasteiger partial charge in [-0.3, -0.25) is 14.9 Å². The molecule has 0 bridgehead atoms. The van der Waals surface area contributed by atoms with Crippen LogP contribution in [0.4, 0.5) is 11.4 Å². The Kier molecular flexibility index (Phi) is 5.22. The minimum Gasteiger partial charge on any atom is -0.497 e. The van der Waals surface area contributed by atoms with Crippen molar-refractivity contribution in [2.75, 3.05) is 12.4 Å². The quantitative estimate of drug-likeness (QED) is 0.360. The zero-order chi connectivity index (χ0) is 20.4. The number of ether oxygens (including phenoxy) is 1. The fourth-order valence-corrected chi connectivity index (χ4v) is 4.61. The van der Waals surface area contributed by atoms with Gasteiger partial charge in [0.2, 0.25) is 0 Å². The largest absolute Gasteiger partial charge is 0.497 e. The molecule has 0 spiro atoms. The van der Waals surface area contributed by atoms with E-state index in [2.05, 4.69) is 5.32 Å². The molecule has 1 aliphatic heterocycles. The van der Waals surface area contributed by atoms with Crippen LogP contribution in [0.15, 0.2) is 77.7 Å².